The molecule has 0 fully saturated rings. The molecular weight excluding hydrogens is 188 g/mol. The second-order valence-electron chi connectivity index (χ2n) is 3.40. The van der Waals surface area contributed by atoms with Crippen molar-refractivity contribution in [2.75, 3.05) is 7.11 Å². The number of terminal acetylenes is 1. The van der Waals surface area contributed by atoms with Crippen molar-refractivity contribution in [3.63, 3.8) is 0 Å². The van der Waals surface area contributed by atoms with Crippen molar-refractivity contribution in [1.29, 1.82) is 0 Å². The van der Waals surface area contributed by atoms with E-state index in [-0.39, 0.29) is 0 Å². The van der Waals surface area contributed by atoms with Gasteiger partial charge in [-0.25, -0.2) is 4.98 Å². The van der Waals surface area contributed by atoms with E-state index < -0.39 is 0 Å². The molecule has 0 saturated carbocycles. The van der Waals surface area contributed by atoms with Gasteiger partial charge in [0.15, 0.2) is 0 Å². The second-order valence-corrected chi connectivity index (χ2v) is 3.40. The van der Waals surface area contributed by atoms with E-state index in [2.05, 4.69) is 23.1 Å². The van der Waals surface area contributed by atoms with Crippen LogP contribution >= 0.6 is 0 Å². The summed E-state index contributed by atoms with van der Waals surface area (Å²) in [6.07, 6.45) is 7.76. The number of methoxy groups -OCH3 is 1. The summed E-state index contributed by atoms with van der Waals surface area (Å²) >= 11 is 0. The summed E-state index contributed by atoms with van der Waals surface area (Å²) in [5.74, 6) is 3.26. The third kappa shape index (κ3) is 4.01. The predicted octanol–water partition coefficient (Wildman–Crippen LogP) is 1.59. The molecule has 0 aliphatic heterocycles. The Bertz CT molecular complexity index is 326. The standard InChI is InChI=1S/C12H16N2O/c1-4-5-10(2)13-8-11-6-7-12(15-3)14-9-11/h1,6-7,9-10,13H,5,8H2,2-3H3. The van der Waals surface area contributed by atoms with Crippen molar-refractivity contribution < 1.29 is 4.74 Å². The topological polar surface area (TPSA) is 34.1 Å². The molecule has 1 rings (SSSR count). The maximum atomic E-state index is 5.22. The molecule has 3 nitrogen and oxygen atoms in total. The first-order chi connectivity index (χ1) is 7.26. The Morgan fingerprint density at radius 2 is 2.40 bits per heavy atom. The number of nitrogens with one attached hydrogen (secondary N) is 1. The highest BCUT2D eigenvalue weighted by molar-refractivity contribution is 5.17. The molecule has 0 aromatic carbocycles. The molecule has 1 atom stereocenters. The summed E-state index contributed by atoms with van der Waals surface area (Å²) in [6.45, 7) is 2.84. The van der Waals surface area contributed by atoms with Crippen LogP contribution in [0.15, 0.2) is 18.3 Å². The van der Waals surface area contributed by atoms with Crippen LogP contribution in [0.4, 0.5) is 0 Å². The van der Waals surface area contributed by atoms with E-state index in [1.807, 2.05) is 12.1 Å². The van der Waals surface area contributed by atoms with Gasteiger partial charge in [0.2, 0.25) is 5.88 Å². The van der Waals surface area contributed by atoms with Gasteiger partial charge in [0, 0.05) is 31.3 Å². The number of nitrogens with zero attached hydrogens (tertiary/aromatic N) is 1. The van der Waals surface area contributed by atoms with Crippen molar-refractivity contribution in [1.82, 2.24) is 10.3 Å². The largest absolute Gasteiger partial charge is 0.481 e. The maximum Gasteiger partial charge on any atom is 0.212 e. The van der Waals surface area contributed by atoms with Crippen molar-refractivity contribution in [3.8, 4) is 18.2 Å². The van der Waals surface area contributed by atoms with Gasteiger partial charge in [0.25, 0.3) is 0 Å². The molecule has 0 spiro atoms. The first kappa shape index (κ1) is 11.5. The minimum atomic E-state index is 0.331. The van der Waals surface area contributed by atoms with E-state index in [9.17, 15) is 0 Å². The maximum absolute atomic E-state index is 5.22. The molecule has 0 bridgehead atoms. The highest BCUT2D eigenvalue weighted by Crippen LogP contribution is 2.06. The fourth-order valence-electron chi connectivity index (χ4n) is 1.18. The smallest absolute Gasteiger partial charge is 0.212 e. The van der Waals surface area contributed by atoms with Crippen LogP contribution in [0.1, 0.15) is 18.9 Å². The lowest BCUT2D eigenvalue weighted by atomic mass is 10.2. The first-order valence-corrected chi connectivity index (χ1v) is 4.92. The van der Waals surface area contributed by atoms with Gasteiger partial charge in [-0.15, -0.1) is 12.3 Å². The SMILES string of the molecule is C#CCC(C)NCc1ccc(OC)nc1. The lowest BCUT2D eigenvalue weighted by molar-refractivity contribution is 0.397. The molecule has 15 heavy (non-hydrogen) atoms. The quantitative estimate of drug-likeness (QED) is 0.740. The molecule has 1 aromatic rings. The van der Waals surface area contributed by atoms with E-state index >= 15 is 0 Å². The van der Waals surface area contributed by atoms with E-state index in [0.29, 0.717) is 11.9 Å². The zero-order chi connectivity index (χ0) is 11.1. The van der Waals surface area contributed by atoms with Gasteiger partial charge in [-0.2, -0.15) is 0 Å². The Morgan fingerprint density at radius 3 is 2.93 bits per heavy atom. The fraction of sp³-hybridized carbons (Fsp3) is 0.417. The van der Waals surface area contributed by atoms with Gasteiger partial charge in [-0.1, -0.05) is 6.07 Å². The number of ether oxygens (including phenoxy) is 1. The number of pyridine rings is 1. The molecule has 1 heterocycles. The first-order valence-electron chi connectivity index (χ1n) is 4.92. The molecule has 0 amide bonds. The van der Waals surface area contributed by atoms with Crippen molar-refractivity contribution >= 4 is 0 Å². The highest BCUT2D eigenvalue weighted by Gasteiger charge is 1.99. The Labute approximate surface area is 90.9 Å². The third-order valence-corrected chi connectivity index (χ3v) is 2.09. The van der Waals surface area contributed by atoms with E-state index in [1.165, 1.54) is 0 Å². The number of hydrogen-bond acceptors (Lipinski definition) is 3. The number of aromatic nitrogens is 1. The fourth-order valence-corrected chi connectivity index (χ4v) is 1.18. The van der Waals surface area contributed by atoms with Crippen LogP contribution in [0, 0.1) is 12.3 Å². The zero-order valence-corrected chi connectivity index (χ0v) is 9.16. The van der Waals surface area contributed by atoms with Gasteiger partial charge in [-0.05, 0) is 12.5 Å². The van der Waals surface area contributed by atoms with E-state index in [1.54, 1.807) is 13.3 Å². The second kappa shape index (κ2) is 6.05. The average Bonchev–Trinajstić information content (AvgIpc) is 2.27. The van der Waals surface area contributed by atoms with Gasteiger partial charge in [0.1, 0.15) is 0 Å². The number of hydrogen-bond donors (Lipinski definition) is 1. The average molecular weight is 204 g/mol. The molecule has 0 aliphatic rings. The lowest BCUT2D eigenvalue weighted by Gasteiger charge is -2.10. The van der Waals surface area contributed by atoms with Crippen LogP contribution < -0.4 is 10.1 Å². The van der Waals surface area contributed by atoms with E-state index in [4.69, 9.17) is 11.2 Å². The minimum Gasteiger partial charge on any atom is -0.481 e. The summed E-state index contributed by atoms with van der Waals surface area (Å²) in [6, 6.07) is 4.17. The van der Waals surface area contributed by atoms with Crippen molar-refractivity contribution in [2.24, 2.45) is 0 Å². The van der Waals surface area contributed by atoms with Crippen LogP contribution in [-0.4, -0.2) is 18.1 Å². The molecule has 0 saturated heterocycles. The number of rotatable bonds is 5. The molecule has 0 radical (unpaired) electrons. The van der Waals surface area contributed by atoms with E-state index in [0.717, 1.165) is 18.5 Å². The van der Waals surface area contributed by atoms with Crippen molar-refractivity contribution in [3.05, 3.63) is 23.9 Å². The summed E-state index contributed by atoms with van der Waals surface area (Å²) in [5.41, 5.74) is 1.12. The molecule has 1 aromatic heterocycles. The van der Waals surface area contributed by atoms with Crippen LogP contribution in [0.2, 0.25) is 0 Å². The lowest BCUT2D eigenvalue weighted by Crippen LogP contribution is -2.24. The van der Waals surface area contributed by atoms with Crippen LogP contribution in [-0.2, 0) is 6.54 Å². The predicted molar refractivity (Wildman–Crippen MR) is 60.5 cm³/mol. The normalized spacial score (nSPS) is 11.8. The summed E-state index contributed by atoms with van der Waals surface area (Å²) in [5, 5.41) is 3.31. The monoisotopic (exact) mass is 204 g/mol. The van der Waals surface area contributed by atoms with Gasteiger partial charge in [0.05, 0.1) is 7.11 Å². The Morgan fingerprint density at radius 1 is 1.60 bits per heavy atom. The molecular formula is C12H16N2O. The zero-order valence-electron chi connectivity index (χ0n) is 9.16. The van der Waals surface area contributed by atoms with Gasteiger partial charge >= 0.3 is 0 Å². The Hall–Kier alpha value is -1.53. The Balaban J connectivity index is 2.41. The molecule has 1 unspecified atom stereocenters. The van der Waals surface area contributed by atoms with Crippen LogP contribution in [0.3, 0.4) is 0 Å². The highest BCUT2D eigenvalue weighted by atomic mass is 16.5. The van der Waals surface area contributed by atoms with Gasteiger partial charge < -0.3 is 10.1 Å². The van der Waals surface area contributed by atoms with Crippen molar-refractivity contribution in [2.45, 2.75) is 25.9 Å². The van der Waals surface area contributed by atoms with Crippen LogP contribution in [0.5, 0.6) is 5.88 Å². The summed E-state index contributed by atoms with van der Waals surface area (Å²) in [4.78, 5) is 4.12. The summed E-state index contributed by atoms with van der Waals surface area (Å²) in [7, 11) is 1.61. The minimum absolute atomic E-state index is 0.331. The Kier molecular flexibility index (Phi) is 4.65. The van der Waals surface area contributed by atoms with Gasteiger partial charge in [-0.3, -0.25) is 0 Å². The van der Waals surface area contributed by atoms with Crippen LogP contribution in [0.25, 0.3) is 0 Å². The molecule has 80 valence electrons. The third-order valence-electron chi connectivity index (χ3n) is 2.09. The molecule has 0 aliphatic carbocycles. The molecule has 3 heteroatoms. The summed E-state index contributed by atoms with van der Waals surface area (Å²) < 4.78 is 4.98. The molecule has 1 N–H and O–H groups in total.